The molecule has 1 aromatic carbocycles. The highest BCUT2D eigenvalue weighted by Crippen LogP contribution is 2.37. The molecule has 0 fully saturated rings. The van der Waals surface area contributed by atoms with Crippen LogP contribution in [0.4, 0.5) is 0 Å². The van der Waals surface area contributed by atoms with Gasteiger partial charge in [-0.1, -0.05) is 47.6 Å². The first-order valence-electron chi connectivity index (χ1n) is 7.03. The third kappa shape index (κ3) is 3.53. The van der Waals surface area contributed by atoms with E-state index in [1.807, 2.05) is 26.8 Å². The lowest BCUT2D eigenvalue weighted by atomic mass is 9.79. The maximum atomic E-state index is 12.0. The molecule has 0 amide bonds. The molecule has 0 atom stereocenters. The van der Waals surface area contributed by atoms with Crippen molar-refractivity contribution in [3.8, 4) is 5.75 Å². The van der Waals surface area contributed by atoms with E-state index in [1.54, 1.807) is 13.0 Å². The summed E-state index contributed by atoms with van der Waals surface area (Å²) in [6.45, 7) is 14.4. The predicted molar refractivity (Wildman–Crippen MR) is 81.5 cm³/mol. The molecule has 0 aromatic heterocycles. The number of carbonyl (C=O) groups is 1. The number of rotatable bonds is 2. The van der Waals surface area contributed by atoms with Gasteiger partial charge in [-0.25, -0.2) is 4.79 Å². The number of phenols is 1. The van der Waals surface area contributed by atoms with Crippen LogP contribution in [-0.4, -0.2) is 17.7 Å². The molecule has 0 heterocycles. The van der Waals surface area contributed by atoms with E-state index in [0.717, 1.165) is 11.1 Å². The Morgan fingerprint density at radius 3 is 2.05 bits per heavy atom. The van der Waals surface area contributed by atoms with Crippen LogP contribution in [0.15, 0.2) is 12.1 Å². The normalized spacial score (nSPS) is 12.3. The molecule has 0 spiro atoms. The van der Waals surface area contributed by atoms with E-state index in [0.29, 0.717) is 6.61 Å². The number of carbonyl (C=O) groups excluding carboxylic acids is 1. The standard InChI is InChI=1S/C17H26O3/c1-8-20-15(19)12-9-11(16(2,3)4)10-13(14(12)18)17(5,6)7/h9-10,18H,8H2,1-7H3. The predicted octanol–water partition coefficient (Wildman–Crippen LogP) is 4.16. The maximum Gasteiger partial charge on any atom is 0.341 e. The van der Waals surface area contributed by atoms with Crippen molar-refractivity contribution in [1.82, 2.24) is 0 Å². The summed E-state index contributed by atoms with van der Waals surface area (Å²) in [4.78, 5) is 12.0. The summed E-state index contributed by atoms with van der Waals surface area (Å²) < 4.78 is 5.05. The molecule has 0 saturated carbocycles. The highest BCUT2D eigenvalue weighted by atomic mass is 16.5. The number of ether oxygens (including phenoxy) is 1. The summed E-state index contributed by atoms with van der Waals surface area (Å²) in [5, 5.41) is 10.4. The quantitative estimate of drug-likeness (QED) is 0.826. The molecule has 0 aliphatic rings. The summed E-state index contributed by atoms with van der Waals surface area (Å²) in [5.41, 5.74) is 1.70. The number of aromatic hydroxyl groups is 1. The largest absolute Gasteiger partial charge is 0.507 e. The molecule has 3 heteroatoms. The number of esters is 1. The van der Waals surface area contributed by atoms with Gasteiger partial charge in [0.2, 0.25) is 0 Å². The molecule has 0 saturated heterocycles. The minimum atomic E-state index is -0.471. The number of hydrogen-bond acceptors (Lipinski definition) is 3. The van der Waals surface area contributed by atoms with Crippen molar-refractivity contribution in [2.24, 2.45) is 0 Å². The van der Waals surface area contributed by atoms with Gasteiger partial charge in [0.25, 0.3) is 0 Å². The van der Waals surface area contributed by atoms with Gasteiger partial charge in [-0.2, -0.15) is 0 Å². The summed E-state index contributed by atoms with van der Waals surface area (Å²) in [5.74, 6) is -0.439. The SMILES string of the molecule is CCOC(=O)c1cc(C(C)(C)C)cc(C(C)(C)C)c1O. The second-order valence-electron chi connectivity index (χ2n) is 7.14. The Morgan fingerprint density at radius 2 is 1.65 bits per heavy atom. The van der Waals surface area contributed by atoms with Crippen LogP contribution in [0.1, 0.15) is 70.0 Å². The highest BCUT2D eigenvalue weighted by Gasteiger charge is 2.27. The molecule has 0 unspecified atom stereocenters. The Morgan fingerprint density at radius 1 is 1.10 bits per heavy atom. The first-order valence-corrected chi connectivity index (χ1v) is 7.03. The fraction of sp³-hybridized carbons (Fsp3) is 0.588. The van der Waals surface area contributed by atoms with E-state index < -0.39 is 5.97 Å². The first kappa shape index (κ1) is 16.5. The molecule has 0 radical (unpaired) electrons. The number of benzene rings is 1. The number of hydrogen-bond donors (Lipinski definition) is 1. The van der Waals surface area contributed by atoms with Crippen LogP contribution >= 0.6 is 0 Å². The van der Waals surface area contributed by atoms with Crippen LogP contribution in [0.3, 0.4) is 0 Å². The van der Waals surface area contributed by atoms with E-state index in [1.165, 1.54) is 0 Å². The van der Waals surface area contributed by atoms with Crippen molar-refractivity contribution in [1.29, 1.82) is 0 Å². The third-order valence-corrected chi connectivity index (χ3v) is 3.28. The topological polar surface area (TPSA) is 46.5 Å². The van der Waals surface area contributed by atoms with Gasteiger partial charge in [-0.15, -0.1) is 0 Å². The highest BCUT2D eigenvalue weighted by molar-refractivity contribution is 5.93. The van der Waals surface area contributed by atoms with Crippen molar-refractivity contribution in [3.63, 3.8) is 0 Å². The summed E-state index contributed by atoms with van der Waals surface area (Å²) in [6, 6.07) is 3.72. The van der Waals surface area contributed by atoms with Crippen LogP contribution in [0.5, 0.6) is 5.75 Å². The summed E-state index contributed by atoms with van der Waals surface area (Å²) >= 11 is 0. The Hall–Kier alpha value is -1.51. The van der Waals surface area contributed by atoms with Gasteiger partial charge in [0.05, 0.1) is 6.61 Å². The lowest BCUT2D eigenvalue weighted by Gasteiger charge is -2.27. The lowest BCUT2D eigenvalue weighted by molar-refractivity contribution is 0.0522. The second-order valence-corrected chi connectivity index (χ2v) is 7.14. The molecule has 1 rings (SSSR count). The molecule has 0 bridgehead atoms. The van der Waals surface area contributed by atoms with E-state index in [9.17, 15) is 9.90 Å². The van der Waals surface area contributed by atoms with Gasteiger partial charge in [0.15, 0.2) is 0 Å². The Kier molecular flexibility index (Phi) is 4.52. The first-order chi connectivity index (χ1) is 8.98. The van der Waals surface area contributed by atoms with E-state index in [-0.39, 0.29) is 22.1 Å². The van der Waals surface area contributed by atoms with Crippen molar-refractivity contribution < 1.29 is 14.6 Å². The zero-order valence-electron chi connectivity index (χ0n) is 13.6. The second kappa shape index (κ2) is 5.47. The smallest absolute Gasteiger partial charge is 0.341 e. The van der Waals surface area contributed by atoms with Gasteiger partial charge in [0, 0.05) is 5.56 Å². The van der Waals surface area contributed by atoms with E-state index in [4.69, 9.17) is 4.74 Å². The van der Waals surface area contributed by atoms with Crippen LogP contribution in [0, 0.1) is 0 Å². The summed E-state index contributed by atoms with van der Waals surface area (Å²) in [6.07, 6.45) is 0. The lowest BCUT2D eigenvalue weighted by Crippen LogP contribution is -2.19. The van der Waals surface area contributed by atoms with Gasteiger partial charge in [0.1, 0.15) is 11.3 Å². The minimum Gasteiger partial charge on any atom is -0.507 e. The van der Waals surface area contributed by atoms with Gasteiger partial charge in [-0.3, -0.25) is 0 Å². The van der Waals surface area contributed by atoms with Crippen LogP contribution < -0.4 is 0 Å². The van der Waals surface area contributed by atoms with Crippen molar-refractivity contribution >= 4 is 5.97 Å². The monoisotopic (exact) mass is 278 g/mol. The van der Waals surface area contributed by atoms with Crippen molar-refractivity contribution in [3.05, 3.63) is 28.8 Å². The molecule has 1 N–H and O–H groups in total. The van der Waals surface area contributed by atoms with Crippen LogP contribution in [0.2, 0.25) is 0 Å². The summed E-state index contributed by atoms with van der Waals surface area (Å²) in [7, 11) is 0. The zero-order valence-corrected chi connectivity index (χ0v) is 13.6. The Labute approximate surface area is 122 Å². The molecule has 0 aliphatic heterocycles. The minimum absolute atomic E-state index is 0.0314. The average Bonchev–Trinajstić information content (AvgIpc) is 2.26. The third-order valence-electron chi connectivity index (χ3n) is 3.28. The van der Waals surface area contributed by atoms with E-state index >= 15 is 0 Å². The Bertz CT molecular complexity index is 502. The molecule has 112 valence electrons. The van der Waals surface area contributed by atoms with Crippen LogP contribution in [-0.2, 0) is 15.6 Å². The Balaban J connectivity index is 3.55. The van der Waals surface area contributed by atoms with Crippen molar-refractivity contribution in [2.45, 2.75) is 59.3 Å². The molecular formula is C17H26O3. The number of phenolic OH excluding ortho intramolecular Hbond substituents is 1. The van der Waals surface area contributed by atoms with Gasteiger partial charge in [-0.05, 0) is 29.4 Å². The maximum absolute atomic E-state index is 12.0. The van der Waals surface area contributed by atoms with Gasteiger partial charge >= 0.3 is 5.97 Å². The van der Waals surface area contributed by atoms with E-state index in [2.05, 4.69) is 20.8 Å². The average molecular weight is 278 g/mol. The fourth-order valence-electron chi connectivity index (χ4n) is 2.00. The molecule has 1 aromatic rings. The molecular weight excluding hydrogens is 252 g/mol. The molecule has 0 aliphatic carbocycles. The van der Waals surface area contributed by atoms with Gasteiger partial charge < -0.3 is 9.84 Å². The van der Waals surface area contributed by atoms with Crippen LogP contribution in [0.25, 0.3) is 0 Å². The zero-order chi connectivity index (χ0) is 15.7. The fourth-order valence-corrected chi connectivity index (χ4v) is 2.00. The molecule has 20 heavy (non-hydrogen) atoms. The van der Waals surface area contributed by atoms with Crippen molar-refractivity contribution in [2.75, 3.05) is 6.61 Å². The molecule has 3 nitrogen and oxygen atoms in total.